The third-order valence-electron chi connectivity index (χ3n) is 1.79. The molecular formula is C10H22N2. The fourth-order valence-corrected chi connectivity index (χ4v) is 1.06. The van der Waals surface area contributed by atoms with Crippen molar-refractivity contribution in [2.45, 2.75) is 39.0 Å². The van der Waals surface area contributed by atoms with Gasteiger partial charge in [0.15, 0.2) is 0 Å². The molecule has 2 N–H and O–H groups in total. The summed E-state index contributed by atoms with van der Waals surface area (Å²) < 4.78 is 0. The highest BCUT2D eigenvalue weighted by Crippen LogP contribution is 2.00. The highest BCUT2D eigenvalue weighted by molar-refractivity contribution is 4.74. The standard InChI is InChI=1S/C10H22N2/c1-3-4-5-6-7-8-12-10-9-11-2/h9-12H,3-8H2,1-2H3. The Hall–Kier alpha value is -0.660. The van der Waals surface area contributed by atoms with Crippen molar-refractivity contribution in [2.24, 2.45) is 0 Å². The molecule has 0 aliphatic heterocycles. The summed E-state index contributed by atoms with van der Waals surface area (Å²) in [7, 11) is 1.90. The Morgan fingerprint density at radius 3 is 2.42 bits per heavy atom. The largest absolute Gasteiger partial charge is 0.393 e. The third kappa shape index (κ3) is 9.34. The molecule has 0 radical (unpaired) electrons. The normalized spacial score (nSPS) is 10.5. The molecule has 2 heteroatoms. The van der Waals surface area contributed by atoms with E-state index in [1.165, 1.54) is 32.1 Å². The molecule has 72 valence electrons. The van der Waals surface area contributed by atoms with E-state index in [9.17, 15) is 0 Å². The smallest absolute Gasteiger partial charge is 0.0141 e. The minimum Gasteiger partial charge on any atom is -0.393 e. The summed E-state index contributed by atoms with van der Waals surface area (Å²) in [6.07, 6.45) is 10.6. The molecule has 0 amide bonds. The summed E-state index contributed by atoms with van der Waals surface area (Å²) in [6, 6.07) is 0. The number of hydrogen-bond acceptors (Lipinski definition) is 2. The number of hydrogen-bond donors (Lipinski definition) is 2. The van der Waals surface area contributed by atoms with Crippen molar-refractivity contribution in [3.63, 3.8) is 0 Å². The fourth-order valence-electron chi connectivity index (χ4n) is 1.06. The highest BCUT2D eigenvalue weighted by atomic mass is 14.9. The molecule has 0 heterocycles. The molecule has 0 aromatic carbocycles. The van der Waals surface area contributed by atoms with Crippen LogP contribution in [0.1, 0.15) is 39.0 Å². The van der Waals surface area contributed by atoms with E-state index in [2.05, 4.69) is 17.6 Å². The number of rotatable bonds is 8. The molecule has 0 aromatic heterocycles. The Balaban J connectivity index is 2.86. The van der Waals surface area contributed by atoms with Crippen molar-refractivity contribution >= 4 is 0 Å². The van der Waals surface area contributed by atoms with Crippen molar-refractivity contribution < 1.29 is 0 Å². The number of nitrogens with one attached hydrogen (secondary N) is 2. The second kappa shape index (κ2) is 10.3. The Bertz CT molecular complexity index is 100. The number of unbranched alkanes of at least 4 members (excludes halogenated alkanes) is 4. The van der Waals surface area contributed by atoms with E-state index < -0.39 is 0 Å². The third-order valence-corrected chi connectivity index (χ3v) is 1.79. The molecule has 0 saturated carbocycles. The van der Waals surface area contributed by atoms with Gasteiger partial charge in [0.1, 0.15) is 0 Å². The zero-order valence-corrected chi connectivity index (χ0v) is 8.40. The second-order valence-electron chi connectivity index (χ2n) is 2.99. The fraction of sp³-hybridized carbons (Fsp3) is 0.800. The summed E-state index contributed by atoms with van der Waals surface area (Å²) >= 11 is 0. The molecule has 12 heavy (non-hydrogen) atoms. The molecule has 0 spiro atoms. The van der Waals surface area contributed by atoms with Crippen LogP contribution in [-0.2, 0) is 0 Å². The van der Waals surface area contributed by atoms with Crippen molar-refractivity contribution in [3.05, 3.63) is 12.4 Å². The van der Waals surface area contributed by atoms with Crippen LogP contribution in [0.4, 0.5) is 0 Å². The molecule has 0 unspecified atom stereocenters. The maximum absolute atomic E-state index is 3.22. The molecule has 0 bridgehead atoms. The van der Waals surface area contributed by atoms with E-state index in [1.54, 1.807) is 0 Å². The van der Waals surface area contributed by atoms with Crippen molar-refractivity contribution in [1.82, 2.24) is 10.6 Å². The molecule has 0 atom stereocenters. The first-order valence-electron chi connectivity index (χ1n) is 4.97. The van der Waals surface area contributed by atoms with Gasteiger partial charge in [-0.25, -0.2) is 0 Å². The van der Waals surface area contributed by atoms with E-state index in [4.69, 9.17) is 0 Å². The van der Waals surface area contributed by atoms with Gasteiger partial charge in [0.2, 0.25) is 0 Å². The SMILES string of the molecule is CCCCCCCNC=CNC. The monoisotopic (exact) mass is 170 g/mol. The molecule has 0 aliphatic carbocycles. The molecule has 0 saturated heterocycles. The lowest BCUT2D eigenvalue weighted by Crippen LogP contribution is -2.08. The Kier molecular flexibility index (Phi) is 9.77. The summed E-state index contributed by atoms with van der Waals surface area (Å²) in [5, 5.41) is 6.16. The maximum Gasteiger partial charge on any atom is 0.0141 e. The second-order valence-corrected chi connectivity index (χ2v) is 2.99. The van der Waals surface area contributed by atoms with Crippen LogP contribution in [0.15, 0.2) is 12.4 Å². The van der Waals surface area contributed by atoms with Gasteiger partial charge in [-0.2, -0.15) is 0 Å². The predicted octanol–water partition coefficient (Wildman–Crippen LogP) is 2.24. The van der Waals surface area contributed by atoms with Crippen LogP contribution in [-0.4, -0.2) is 13.6 Å². The molecule has 2 nitrogen and oxygen atoms in total. The quantitative estimate of drug-likeness (QED) is 0.546. The van der Waals surface area contributed by atoms with Crippen LogP contribution in [0.5, 0.6) is 0 Å². The predicted molar refractivity (Wildman–Crippen MR) is 55.0 cm³/mol. The van der Waals surface area contributed by atoms with Gasteiger partial charge in [0.05, 0.1) is 0 Å². The molecule has 0 fully saturated rings. The molecule has 0 aliphatic rings. The first kappa shape index (κ1) is 11.3. The van der Waals surface area contributed by atoms with E-state index >= 15 is 0 Å². The lowest BCUT2D eigenvalue weighted by molar-refractivity contribution is 0.618. The maximum atomic E-state index is 3.22. The topological polar surface area (TPSA) is 24.1 Å². The van der Waals surface area contributed by atoms with Gasteiger partial charge in [0.25, 0.3) is 0 Å². The van der Waals surface area contributed by atoms with Gasteiger partial charge in [-0.1, -0.05) is 32.6 Å². The average Bonchev–Trinajstić information content (AvgIpc) is 2.10. The molecular weight excluding hydrogens is 148 g/mol. The zero-order chi connectivity index (χ0) is 9.07. The van der Waals surface area contributed by atoms with Gasteiger partial charge in [0, 0.05) is 26.0 Å². The summed E-state index contributed by atoms with van der Waals surface area (Å²) in [5.74, 6) is 0. The van der Waals surface area contributed by atoms with Crippen LogP contribution in [0.3, 0.4) is 0 Å². The lowest BCUT2D eigenvalue weighted by Gasteiger charge is -2.00. The van der Waals surface area contributed by atoms with Gasteiger partial charge in [-0.15, -0.1) is 0 Å². The first-order valence-corrected chi connectivity index (χ1v) is 4.97. The van der Waals surface area contributed by atoms with E-state index in [0.29, 0.717) is 0 Å². The van der Waals surface area contributed by atoms with Gasteiger partial charge in [-0.05, 0) is 6.42 Å². The van der Waals surface area contributed by atoms with Crippen molar-refractivity contribution in [3.8, 4) is 0 Å². The van der Waals surface area contributed by atoms with E-state index in [1.807, 2.05) is 19.4 Å². The molecule has 0 rings (SSSR count). The Morgan fingerprint density at radius 1 is 1.00 bits per heavy atom. The van der Waals surface area contributed by atoms with Crippen LogP contribution in [0, 0.1) is 0 Å². The van der Waals surface area contributed by atoms with Crippen LogP contribution in [0.2, 0.25) is 0 Å². The van der Waals surface area contributed by atoms with Crippen molar-refractivity contribution in [2.75, 3.05) is 13.6 Å². The lowest BCUT2D eigenvalue weighted by atomic mass is 10.1. The average molecular weight is 170 g/mol. The van der Waals surface area contributed by atoms with Crippen molar-refractivity contribution in [1.29, 1.82) is 0 Å². The summed E-state index contributed by atoms with van der Waals surface area (Å²) in [5.41, 5.74) is 0. The Morgan fingerprint density at radius 2 is 1.75 bits per heavy atom. The minimum absolute atomic E-state index is 1.10. The first-order chi connectivity index (χ1) is 5.91. The van der Waals surface area contributed by atoms with E-state index in [-0.39, 0.29) is 0 Å². The minimum atomic E-state index is 1.10. The van der Waals surface area contributed by atoms with E-state index in [0.717, 1.165) is 6.54 Å². The zero-order valence-electron chi connectivity index (χ0n) is 8.40. The highest BCUT2D eigenvalue weighted by Gasteiger charge is 1.86. The molecule has 0 aromatic rings. The van der Waals surface area contributed by atoms with Crippen LogP contribution in [0.25, 0.3) is 0 Å². The van der Waals surface area contributed by atoms with Crippen LogP contribution >= 0.6 is 0 Å². The van der Waals surface area contributed by atoms with Gasteiger partial charge >= 0.3 is 0 Å². The van der Waals surface area contributed by atoms with Gasteiger partial charge < -0.3 is 10.6 Å². The van der Waals surface area contributed by atoms with Gasteiger partial charge in [-0.3, -0.25) is 0 Å². The van der Waals surface area contributed by atoms with Crippen LogP contribution < -0.4 is 10.6 Å². The summed E-state index contributed by atoms with van der Waals surface area (Å²) in [6.45, 7) is 3.34. The Labute approximate surface area is 76.4 Å². The summed E-state index contributed by atoms with van der Waals surface area (Å²) in [4.78, 5) is 0.